The minimum Gasteiger partial charge on any atom is -0.392 e. The van der Waals surface area contributed by atoms with Gasteiger partial charge in [0.2, 0.25) is 0 Å². The Kier molecular flexibility index (Phi) is 5.91. The number of urea groups is 1. The van der Waals surface area contributed by atoms with Crippen LogP contribution in [0.2, 0.25) is 0 Å². The summed E-state index contributed by atoms with van der Waals surface area (Å²) < 4.78 is 13.3. The zero-order valence-electron chi connectivity index (χ0n) is 14.9. The number of carbonyl (C=O) groups excluding carboxylic acids is 1. The van der Waals surface area contributed by atoms with E-state index in [1.54, 1.807) is 19.1 Å². The average molecular weight is 349 g/mol. The number of nitrogens with zero attached hydrogens (tertiary/aromatic N) is 2. The molecule has 1 aromatic carbocycles. The van der Waals surface area contributed by atoms with Gasteiger partial charge in [0, 0.05) is 32.2 Å². The molecule has 0 radical (unpaired) electrons. The quantitative estimate of drug-likeness (QED) is 0.880. The lowest BCUT2D eigenvalue weighted by Crippen LogP contribution is -2.52. The summed E-state index contributed by atoms with van der Waals surface area (Å²) in [4.78, 5) is 16.6. The maximum Gasteiger partial charge on any atom is 0.317 e. The molecule has 2 aliphatic rings. The van der Waals surface area contributed by atoms with Crippen molar-refractivity contribution in [1.82, 2.24) is 15.1 Å². The number of nitrogens with one attached hydrogen (secondary N) is 1. The van der Waals surface area contributed by atoms with Gasteiger partial charge in [-0.1, -0.05) is 12.1 Å². The van der Waals surface area contributed by atoms with E-state index >= 15 is 0 Å². The Hall–Kier alpha value is -1.66. The SMILES string of the molecule is Cc1cc(CNC(=O)N2CCC(N3CCCC(O)C3)CC2)ccc1F. The second-order valence-corrected chi connectivity index (χ2v) is 7.25. The van der Waals surface area contributed by atoms with Crippen LogP contribution in [0.15, 0.2) is 18.2 Å². The number of likely N-dealkylation sites (tertiary alicyclic amines) is 2. The van der Waals surface area contributed by atoms with Crippen LogP contribution in [0.4, 0.5) is 9.18 Å². The van der Waals surface area contributed by atoms with E-state index in [-0.39, 0.29) is 18.0 Å². The summed E-state index contributed by atoms with van der Waals surface area (Å²) >= 11 is 0. The molecule has 138 valence electrons. The van der Waals surface area contributed by atoms with Crippen LogP contribution in [-0.4, -0.2) is 59.3 Å². The fourth-order valence-electron chi connectivity index (χ4n) is 3.86. The summed E-state index contributed by atoms with van der Waals surface area (Å²) in [6, 6.07) is 5.33. The third-order valence-corrected chi connectivity index (χ3v) is 5.36. The fourth-order valence-corrected chi connectivity index (χ4v) is 3.86. The summed E-state index contributed by atoms with van der Waals surface area (Å²) in [6.45, 7) is 5.44. The first-order valence-corrected chi connectivity index (χ1v) is 9.23. The molecule has 2 amide bonds. The van der Waals surface area contributed by atoms with E-state index in [0.29, 0.717) is 18.2 Å². The van der Waals surface area contributed by atoms with Crippen LogP contribution in [0, 0.1) is 12.7 Å². The van der Waals surface area contributed by atoms with Crippen molar-refractivity contribution in [2.75, 3.05) is 26.2 Å². The van der Waals surface area contributed by atoms with Crippen LogP contribution < -0.4 is 5.32 Å². The van der Waals surface area contributed by atoms with Gasteiger partial charge in [-0.2, -0.15) is 0 Å². The zero-order chi connectivity index (χ0) is 17.8. The third kappa shape index (κ3) is 4.70. The molecule has 0 spiro atoms. The predicted octanol–water partition coefficient (Wildman–Crippen LogP) is 2.26. The summed E-state index contributed by atoms with van der Waals surface area (Å²) in [5.41, 5.74) is 1.50. The number of piperidine rings is 2. The highest BCUT2D eigenvalue weighted by atomic mass is 19.1. The molecule has 3 rings (SSSR count). The number of aryl methyl sites for hydroxylation is 1. The van der Waals surface area contributed by atoms with Crippen molar-refractivity contribution in [3.05, 3.63) is 35.1 Å². The van der Waals surface area contributed by atoms with Crippen LogP contribution in [-0.2, 0) is 6.54 Å². The van der Waals surface area contributed by atoms with Crippen molar-refractivity contribution in [3.63, 3.8) is 0 Å². The Bertz CT molecular complexity index is 602. The number of benzene rings is 1. The van der Waals surface area contributed by atoms with E-state index < -0.39 is 0 Å². The standard InChI is InChI=1S/C19H28FN3O2/c1-14-11-15(4-5-18(14)20)12-21-19(25)22-9-6-16(7-10-22)23-8-2-3-17(24)13-23/h4-5,11,16-17,24H,2-3,6-10,12-13H2,1H3,(H,21,25). The van der Waals surface area contributed by atoms with Crippen molar-refractivity contribution >= 4 is 6.03 Å². The smallest absolute Gasteiger partial charge is 0.317 e. The molecule has 1 atom stereocenters. The number of carbonyl (C=O) groups is 1. The van der Waals surface area contributed by atoms with Crippen molar-refractivity contribution < 1.29 is 14.3 Å². The molecule has 0 aromatic heterocycles. The third-order valence-electron chi connectivity index (χ3n) is 5.36. The van der Waals surface area contributed by atoms with Crippen molar-refractivity contribution in [2.24, 2.45) is 0 Å². The number of halogens is 1. The monoisotopic (exact) mass is 349 g/mol. The van der Waals surface area contributed by atoms with Crippen LogP contribution in [0.25, 0.3) is 0 Å². The highest BCUT2D eigenvalue weighted by Crippen LogP contribution is 2.21. The molecule has 0 bridgehead atoms. The van der Waals surface area contributed by atoms with Gasteiger partial charge in [-0.3, -0.25) is 4.90 Å². The lowest BCUT2D eigenvalue weighted by molar-refractivity contribution is 0.0291. The average Bonchev–Trinajstić information content (AvgIpc) is 2.62. The Morgan fingerprint density at radius 1 is 1.28 bits per heavy atom. The van der Waals surface area contributed by atoms with E-state index in [0.717, 1.165) is 57.4 Å². The van der Waals surface area contributed by atoms with E-state index in [4.69, 9.17) is 0 Å². The van der Waals surface area contributed by atoms with Gasteiger partial charge in [-0.15, -0.1) is 0 Å². The van der Waals surface area contributed by atoms with Gasteiger partial charge in [-0.25, -0.2) is 9.18 Å². The molecule has 1 aromatic rings. The van der Waals surface area contributed by atoms with E-state index in [2.05, 4.69) is 10.2 Å². The molecule has 2 N–H and O–H groups in total. The minimum absolute atomic E-state index is 0.0564. The van der Waals surface area contributed by atoms with Gasteiger partial charge >= 0.3 is 6.03 Å². The summed E-state index contributed by atoms with van der Waals surface area (Å²) in [7, 11) is 0. The molecule has 0 saturated carbocycles. The van der Waals surface area contributed by atoms with Crippen molar-refractivity contribution in [2.45, 2.75) is 51.3 Å². The highest BCUT2D eigenvalue weighted by molar-refractivity contribution is 5.74. The molecule has 2 saturated heterocycles. The summed E-state index contributed by atoms with van der Waals surface area (Å²) in [6.07, 6.45) is 3.67. The second-order valence-electron chi connectivity index (χ2n) is 7.25. The first kappa shape index (κ1) is 18.1. The van der Waals surface area contributed by atoms with Gasteiger partial charge < -0.3 is 15.3 Å². The number of rotatable bonds is 3. The molecule has 2 heterocycles. The molecular formula is C19H28FN3O2. The molecular weight excluding hydrogens is 321 g/mol. The number of β-amino-alcohol motifs (C(OH)–C–C–N with tert-alkyl or cyclic N) is 1. The number of hydrogen-bond donors (Lipinski definition) is 2. The van der Waals surface area contributed by atoms with Gasteiger partial charge in [0.25, 0.3) is 0 Å². The molecule has 0 aliphatic carbocycles. The van der Waals surface area contributed by atoms with Gasteiger partial charge in [0.1, 0.15) is 5.82 Å². The van der Waals surface area contributed by atoms with Crippen LogP contribution in [0.1, 0.15) is 36.8 Å². The first-order chi connectivity index (χ1) is 12.0. The molecule has 2 aliphatic heterocycles. The number of hydrogen-bond acceptors (Lipinski definition) is 3. The maximum atomic E-state index is 13.3. The molecule has 2 fully saturated rings. The first-order valence-electron chi connectivity index (χ1n) is 9.23. The minimum atomic E-state index is -0.222. The van der Waals surface area contributed by atoms with E-state index in [9.17, 15) is 14.3 Å². The van der Waals surface area contributed by atoms with Crippen molar-refractivity contribution in [1.29, 1.82) is 0 Å². The maximum absolute atomic E-state index is 13.3. The number of aliphatic hydroxyl groups is 1. The van der Waals surface area contributed by atoms with Crippen LogP contribution >= 0.6 is 0 Å². The lowest BCUT2D eigenvalue weighted by Gasteiger charge is -2.41. The highest BCUT2D eigenvalue weighted by Gasteiger charge is 2.29. The number of amides is 2. The largest absolute Gasteiger partial charge is 0.392 e. The molecule has 5 nitrogen and oxygen atoms in total. The van der Waals surface area contributed by atoms with Gasteiger partial charge in [0.05, 0.1) is 6.10 Å². The zero-order valence-corrected chi connectivity index (χ0v) is 14.9. The topological polar surface area (TPSA) is 55.8 Å². The van der Waals surface area contributed by atoms with Crippen LogP contribution in [0.3, 0.4) is 0 Å². The van der Waals surface area contributed by atoms with Gasteiger partial charge in [0.15, 0.2) is 0 Å². The molecule has 25 heavy (non-hydrogen) atoms. The summed E-state index contributed by atoms with van der Waals surface area (Å²) in [5.74, 6) is -0.222. The number of aliphatic hydroxyl groups excluding tert-OH is 1. The Labute approximate surface area is 148 Å². The predicted molar refractivity (Wildman–Crippen MR) is 94.8 cm³/mol. The normalized spacial score (nSPS) is 22.8. The Morgan fingerprint density at radius 2 is 2.04 bits per heavy atom. The summed E-state index contributed by atoms with van der Waals surface area (Å²) in [5, 5.41) is 12.8. The lowest BCUT2D eigenvalue weighted by atomic mass is 9.99. The molecule has 6 heteroatoms. The van der Waals surface area contributed by atoms with Crippen LogP contribution in [0.5, 0.6) is 0 Å². The Balaban J connectivity index is 1.44. The fraction of sp³-hybridized carbons (Fsp3) is 0.632. The molecule has 1 unspecified atom stereocenters. The Morgan fingerprint density at radius 3 is 2.72 bits per heavy atom. The van der Waals surface area contributed by atoms with E-state index in [1.165, 1.54) is 6.07 Å². The van der Waals surface area contributed by atoms with E-state index in [1.807, 2.05) is 4.90 Å². The van der Waals surface area contributed by atoms with Gasteiger partial charge in [-0.05, 0) is 56.3 Å². The van der Waals surface area contributed by atoms with Crippen molar-refractivity contribution in [3.8, 4) is 0 Å². The second kappa shape index (κ2) is 8.15.